The van der Waals surface area contributed by atoms with E-state index in [2.05, 4.69) is 23.5 Å². The predicted octanol–water partition coefficient (Wildman–Crippen LogP) is 2.89. The average Bonchev–Trinajstić information content (AvgIpc) is 3.16. The molecule has 0 radical (unpaired) electrons. The van der Waals surface area contributed by atoms with Gasteiger partial charge in [-0.25, -0.2) is 0 Å². The summed E-state index contributed by atoms with van der Waals surface area (Å²) >= 11 is 0. The van der Waals surface area contributed by atoms with Gasteiger partial charge in [-0.1, -0.05) is 30.4 Å². The van der Waals surface area contributed by atoms with Crippen molar-refractivity contribution in [1.82, 2.24) is 0 Å². The van der Waals surface area contributed by atoms with E-state index in [1.165, 1.54) is 0 Å². The second-order valence-corrected chi connectivity index (χ2v) is 6.65. The van der Waals surface area contributed by atoms with Gasteiger partial charge < -0.3 is 24.7 Å². The van der Waals surface area contributed by atoms with Crippen molar-refractivity contribution < 1.29 is 19.4 Å². The number of carboxylic acid groups (broad SMARTS) is 1. The van der Waals surface area contributed by atoms with Crippen LogP contribution in [-0.4, -0.2) is 20.2 Å². The fourth-order valence-corrected chi connectivity index (χ4v) is 4.19. The largest absolute Gasteiger partial charge is 0.545 e. The minimum atomic E-state index is -1.15. The number of rotatable bonds is 4. The second-order valence-electron chi connectivity index (χ2n) is 6.65. The Labute approximate surface area is 152 Å². The van der Waals surface area contributed by atoms with Gasteiger partial charge in [-0.05, 0) is 41.7 Å². The van der Waals surface area contributed by atoms with Crippen LogP contribution in [0.4, 0.5) is 5.69 Å². The average molecular weight is 350 g/mol. The van der Waals surface area contributed by atoms with Crippen LogP contribution in [-0.2, 0) is 0 Å². The summed E-state index contributed by atoms with van der Waals surface area (Å²) < 4.78 is 11.1. The first-order valence-corrected chi connectivity index (χ1v) is 8.63. The van der Waals surface area contributed by atoms with E-state index >= 15 is 0 Å². The number of anilines is 1. The monoisotopic (exact) mass is 350 g/mol. The molecule has 4 rings (SSSR count). The van der Waals surface area contributed by atoms with Gasteiger partial charge in [-0.3, -0.25) is 0 Å². The molecule has 1 heterocycles. The van der Waals surface area contributed by atoms with Gasteiger partial charge in [-0.2, -0.15) is 0 Å². The fraction of sp³-hybridized carbons (Fsp3) is 0.286. The van der Waals surface area contributed by atoms with Gasteiger partial charge in [0.25, 0.3) is 0 Å². The van der Waals surface area contributed by atoms with Crippen molar-refractivity contribution in [2.24, 2.45) is 5.92 Å². The zero-order chi connectivity index (χ0) is 18.3. The molecule has 0 saturated heterocycles. The highest BCUT2D eigenvalue weighted by molar-refractivity contribution is 5.87. The number of nitrogens with one attached hydrogen (secondary N) is 1. The molecule has 2 aromatic rings. The number of aromatic carboxylic acids is 1. The van der Waals surface area contributed by atoms with Crippen molar-refractivity contribution in [2.75, 3.05) is 19.5 Å². The number of methoxy groups -OCH3 is 2. The lowest BCUT2D eigenvalue weighted by molar-refractivity contribution is -0.255. The molecule has 0 amide bonds. The number of para-hydroxylation sites is 1. The Bertz CT molecular complexity index is 890. The summed E-state index contributed by atoms with van der Waals surface area (Å²) in [5.41, 5.74) is 3.20. The smallest absolute Gasteiger partial charge is 0.165 e. The lowest BCUT2D eigenvalue weighted by Crippen LogP contribution is -2.30. The quantitative estimate of drug-likeness (QED) is 0.859. The maximum absolute atomic E-state index is 11.2. The van der Waals surface area contributed by atoms with Crippen LogP contribution in [0.2, 0.25) is 0 Å². The number of hydrogen-bond donors (Lipinski definition) is 1. The zero-order valence-electron chi connectivity index (χ0n) is 14.7. The molecule has 1 aliphatic heterocycles. The third-order valence-corrected chi connectivity index (χ3v) is 5.37. The number of allylic oxidation sites excluding steroid dienone is 2. The van der Waals surface area contributed by atoms with E-state index in [9.17, 15) is 9.90 Å². The number of carbonyl (C=O) groups is 1. The van der Waals surface area contributed by atoms with Crippen molar-refractivity contribution >= 4 is 11.7 Å². The van der Waals surface area contributed by atoms with E-state index in [1.807, 2.05) is 18.2 Å². The highest BCUT2D eigenvalue weighted by atomic mass is 16.5. The van der Waals surface area contributed by atoms with E-state index in [0.717, 1.165) is 29.0 Å². The zero-order valence-corrected chi connectivity index (χ0v) is 14.7. The van der Waals surface area contributed by atoms with E-state index < -0.39 is 5.97 Å². The normalized spacial score (nSPS) is 22.9. The molecule has 1 N–H and O–H groups in total. The maximum Gasteiger partial charge on any atom is 0.165 e. The third-order valence-electron chi connectivity index (χ3n) is 5.37. The van der Waals surface area contributed by atoms with Crippen LogP contribution in [0.1, 0.15) is 39.9 Å². The van der Waals surface area contributed by atoms with Crippen molar-refractivity contribution in [2.45, 2.75) is 18.4 Å². The number of ether oxygens (including phenoxy) is 2. The number of hydrogen-bond acceptors (Lipinski definition) is 5. The van der Waals surface area contributed by atoms with E-state index in [-0.39, 0.29) is 23.4 Å². The highest BCUT2D eigenvalue weighted by Gasteiger charge is 2.39. The number of fused-ring (bicyclic) bond motifs is 3. The lowest BCUT2D eigenvalue weighted by atomic mass is 9.76. The minimum Gasteiger partial charge on any atom is -0.545 e. The topological polar surface area (TPSA) is 70.6 Å². The molecule has 0 bridgehead atoms. The Morgan fingerprint density at radius 1 is 1.15 bits per heavy atom. The van der Waals surface area contributed by atoms with E-state index in [0.29, 0.717) is 5.75 Å². The number of carbonyl (C=O) groups excluding carboxylic acids is 1. The summed E-state index contributed by atoms with van der Waals surface area (Å²) in [4.78, 5) is 11.2. The molecule has 1 aliphatic carbocycles. The molecule has 0 saturated carbocycles. The van der Waals surface area contributed by atoms with Crippen LogP contribution >= 0.6 is 0 Å². The van der Waals surface area contributed by atoms with Crippen molar-refractivity contribution in [3.05, 3.63) is 65.2 Å². The molecule has 5 nitrogen and oxygen atoms in total. The van der Waals surface area contributed by atoms with Crippen LogP contribution in [0.3, 0.4) is 0 Å². The summed E-state index contributed by atoms with van der Waals surface area (Å²) in [7, 11) is 3.28. The molecule has 0 fully saturated rings. The van der Waals surface area contributed by atoms with Crippen molar-refractivity contribution in [3.63, 3.8) is 0 Å². The standard InChI is InChI=1S/C21H21NO4/c1-25-18-8-4-7-15(20(18)26-2)19-14-6-3-5-13(14)16-11-12(21(23)24)9-10-17(16)22-19/h3-5,7-11,13-14,19,22H,6H2,1-2H3,(H,23,24)/p-1/t13-,14-,19-/m1/s1. The van der Waals surface area contributed by atoms with Gasteiger partial charge in [-0.15, -0.1) is 0 Å². The van der Waals surface area contributed by atoms with Crippen LogP contribution in [0.15, 0.2) is 48.6 Å². The highest BCUT2D eigenvalue weighted by Crippen LogP contribution is 2.52. The van der Waals surface area contributed by atoms with Crippen LogP contribution in [0.5, 0.6) is 11.5 Å². The van der Waals surface area contributed by atoms with Gasteiger partial charge in [0.2, 0.25) is 0 Å². The van der Waals surface area contributed by atoms with Gasteiger partial charge in [0, 0.05) is 17.2 Å². The van der Waals surface area contributed by atoms with Gasteiger partial charge in [0.15, 0.2) is 11.5 Å². The van der Waals surface area contributed by atoms with E-state index in [4.69, 9.17) is 9.47 Å². The van der Waals surface area contributed by atoms with Crippen LogP contribution in [0.25, 0.3) is 0 Å². The van der Waals surface area contributed by atoms with Crippen LogP contribution in [0, 0.1) is 5.92 Å². The SMILES string of the molecule is COc1cccc([C@@H]2Nc3ccc(C(=O)[O-])cc3[C@@H]3C=CC[C@H]32)c1OC. The summed E-state index contributed by atoms with van der Waals surface area (Å²) in [6.45, 7) is 0. The molecule has 0 aromatic heterocycles. The Balaban J connectivity index is 1.81. The van der Waals surface area contributed by atoms with Gasteiger partial charge in [0.1, 0.15) is 0 Å². The predicted molar refractivity (Wildman–Crippen MR) is 96.7 cm³/mol. The van der Waals surface area contributed by atoms with Gasteiger partial charge >= 0.3 is 0 Å². The first-order valence-electron chi connectivity index (χ1n) is 8.63. The minimum absolute atomic E-state index is 0.0429. The molecule has 0 unspecified atom stereocenters. The molecular weight excluding hydrogens is 330 g/mol. The third kappa shape index (κ3) is 2.51. The molecule has 2 aromatic carbocycles. The fourth-order valence-electron chi connectivity index (χ4n) is 4.19. The lowest BCUT2D eigenvalue weighted by Gasteiger charge is -2.38. The molecular formula is C21H20NO4-. The first-order chi connectivity index (χ1) is 12.6. The van der Waals surface area contributed by atoms with Crippen molar-refractivity contribution in [1.29, 1.82) is 0 Å². The van der Waals surface area contributed by atoms with Crippen molar-refractivity contribution in [3.8, 4) is 11.5 Å². The molecule has 3 atom stereocenters. The maximum atomic E-state index is 11.2. The van der Waals surface area contributed by atoms with E-state index in [1.54, 1.807) is 26.4 Å². The molecule has 26 heavy (non-hydrogen) atoms. The summed E-state index contributed by atoms with van der Waals surface area (Å²) in [6.07, 6.45) is 5.25. The molecule has 2 aliphatic rings. The second kappa shape index (κ2) is 6.41. The Hall–Kier alpha value is -2.95. The summed E-state index contributed by atoms with van der Waals surface area (Å²) in [5, 5.41) is 14.8. The summed E-state index contributed by atoms with van der Waals surface area (Å²) in [6, 6.07) is 11.1. The Morgan fingerprint density at radius 3 is 2.73 bits per heavy atom. The number of carboxylic acids is 1. The number of benzene rings is 2. The molecule has 5 heteroatoms. The Kier molecular flexibility index (Phi) is 4.07. The first kappa shape index (κ1) is 16.5. The summed E-state index contributed by atoms with van der Waals surface area (Å²) in [5.74, 6) is 0.718. The van der Waals surface area contributed by atoms with Crippen LogP contribution < -0.4 is 19.9 Å². The molecule has 0 spiro atoms. The molecule has 134 valence electrons. The Morgan fingerprint density at radius 2 is 2.00 bits per heavy atom. The van der Waals surface area contributed by atoms with Gasteiger partial charge in [0.05, 0.1) is 26.2 Å².